The molecule has 3 aliphatic heterocycles. The number of fused-ring (bicyclic) bond motifs is 2. The Kier molecular flexibility index (Phi) is 7.29. The number of ether oxygens (including phenoxy) is 1. The van der Waals surface area contributed by atoms with Gasteiger partial charge in [-0.3, -0.25) is 14.8 Å². The molecular formula is C12H19N5NaO8S. The monoisotopic (exact) mass is 416 g/mol. The second-order valence-corrected chi connectivity index (χ2v) is 7.03. The van der Waals surface area contributed by atoms with Crippen LogP contribution in [0.25, 0.3) is 0 Å². The van der Waals surface area contributed by atoms with Crippen LogP contribution < -0.4 is 10.9 Å². The van der Waals surface area contributed by atoms with Crippen molar-refractivity contribution in [1.82, 2.24) is 25.7 Å². The maximum Gasteiger partial charge on any atom is 0.418 e. The third-order valence-electron chi connectivity index (χ3n) is 4.39. The van der Waals surface area contributed by atoms with Gasteiger partial charge in [0, 0.05) is 49.2 Å². The van der Waals surface area contributed by atoms with Crippen molar-refractivity contribution < 1.29 is 36.4 Å². The van der Waals surface area contributed by atoms with Crippen molar-refractivity contribution in [2.75, 3.05) is 32.8 Å². The van der Waals surface area contributed by atoms with Gasteiger partial charge in [0.25, 0.3) is 5.91 Å². The van der Waals surface area contributed by atoms with Crippen molar-refractivity contribution in [2.45, 2.75) is 24.9 Å². The van der Waals surface area contributed by atoms with E-state index in [-0.39, 0.29) is 42.5 Å². The minimum Gasteiger partial charge on any atom is -0.378 e. The van der Waals surface area contributed by atoms with Crippen LogP contribution in [0.4, 0.5) is 9.59 Å². The van der Waals surface area contributed by atoms with Crippen LogP contribution in [0.2, 0.25) is 0 Å². The number of morpholine rings is 1. The fourth-order valence-corrected chi connectivity index (χ4v) is 3.54. The number of carbonyl (C=O) groups excluding carboxylic acids is 3. The number of rotatable bonds is 3. The average Bonchev–Trinajstić information content (AvgIpc) is 2.84. The van der Waals surface area contributed by atoms with Gasteiger partial charge in [-0.25, -0.2) is 15.0 Å². The molecule has 1 radical (unpaired) electrons. The molecule has 3 heterocycles. The maximum atomic E-state index is 12.3. The Bertz CT molecular complexity index is 700. The summed E-state index contributed by atoms with van der Waals surface area (Å²) in [6.07, 6.45) is 0.550. The minimum atomic E-state index is -4.85. The van der Waals surface area contributed by atoms with Crippen LogP contribution in [0, 0.1) is 0 Å². The molecule has 147 valence electrons. The molecule has 5 amide bonds. The first-order valence-corrected chi connectivity index (χ1v) is 9.32. The second-order valence-electron chi connectivity index (χ2n) is 6.03. The zero-order valence-corrected chi connectivity index (χ0v) is 17.5. The Morgan fingerprint density at radius 3 is 2.48 bits per heavy atom. The summed E-state index contributed by atoms with van der Waals surface area (Å²) in [6.45, 7) is 1.71. The molecule has 27 heavy (non-hydrogen) atoms. The Hall–Kier alpha value is -1.16. The summed E-state index contributed by atoms with van der Waals surface area (Å²) in [5.41, 5.74) is 4.56. The van der Waals surface area contributed by atoms with E-state index < -0.39 is 40.5 Å². The van der Waals surface area contributed by atoms with Crippen molar-refractivity contribution in [3.05, 3.63) is 0 Å². The van der Waals surface area contributed by atoms with Crippen LogP contribution in [0.5, 0.6) is 0 Å². The van der Waals surface area contributed by atoms with Crippen LogP contribution in [0.1, 0.15) is 12.8 Å². The molecule has 2 atom stereocenters. The molecule has 0 aromatic rings. The summed E-state index contributed by atoms with van der Waals surface area (Å²) in [6, 6.07) is -2.81. The predicted molar refractivity (Wildman–Crippen MR) is 88.2 cm³/mol. The van der Waals surface area contributed by atoms with Crippen LogP contribution >= 0.6 is 0 Å². The van der Waals surface area contributed by atoms with Crippen molar-refractivity contribution in [3.8, 4) is 0 Å². The van der Waals surface area contributed by atoms with Crippen molar-refractivity contribution >= 4 is 57.9 Å². The number of nitrogens with one attached hydrogen (secondary N) is 2. The summed E-state index contributed by atoms with van der Waals surface area (Å²) >= 11 is 0. The summed E-state index contributed by atoms with van der Waals surface area (Å²) < 4.78 is 39.9. The molecule has 0 spiro atoms. The van der Waals surface area contributed by atoms with Gasteiger partial charge in [0.15, 0.2) is 0 Å². The predicted octanol–water partition coefficient (Wildman–Crippen LogP) is -2.32. The summed E-state index contributed by atoms with van der Waals surface area (Å²) in [4.78, 5) is 39.1. The van der Waals surface area contributed by atoms with E-state index in [1.807, 2.05) is 0 Å². The fraction of sp³-hybridized carbons (Fsp3) is 0.750. The molecule has 0 aromatic carbocycles. The normalized spacial score (nSPS) is 25.1. The molecule has 3 saturated heterocycles. The molecule has 3 fully saturated rings. The summed E-state index contributed by atoms with van der Waals surface area (Å²) in [7, 11) is -4.85. The molecule has 3 N–H and O–H groups in total. The minimum absolute atomic E-state index is 0. The standard InChI is InChI=1S/C12H19N5O8S.Na/c18-10(13-14-11(19)15-3-5-24-6-4-15)9-2-1-8-7-16(9)12(20)17(8)25-26(21,22)23;/h8-9H,1-7H2,(H,13,18)(H,14,19)(H,21,22,23);/t8-,9+;/m1./s1. The number of amides is 5. The first-order valence-electron chi connectivity index (χ1n) is 7.95. The molecule has 0 saturated carbocycles. The van der Waals surface area contributed by atoms with Gasteiger partial charge in [0.2, 0.25) is 0 Å². The van der Waals surface area contributed by atoms with Crippen LogP contribution in [-0.4, -0.2) is 120 Å². The van der Waals surface area contributed by atoms with E-state index >= 15 is 0 Å². The van der Waals surface area contributed by atoms with E-state index in [4.69, 9.17) is 9.29 Å². The number of carbonyl (C=O) groups is 3. The van der Waals surface area contributed by atoms with Crippen molar-refractivity contribution in [1.29, 1.82) is 0 Å². The molecule has 13 nitrogen and oxygen atoms in total. The number of urea groups is 2. The van der Waals surface area contributed by atoms with E-state index in [9.17, 15) is 22.8 Å². The largest absolute Gasteiger partial charge is 0.418 e. The number of nitrogens with zero attached hydrogens (tertiary/aromatic N) is 3. The average molecular weight is 416 g/mol. The van der Waals surface area contributed by atoms with Gasteiger partial charge in [-0.2, -0.15) is 13.5 Å². The summed E-state index contributed by atoms with van der Waals surface area (Å²) in [5, 5.41) is 0.551. The smallest absolute Gasteiger partial charge is 0.378 e. The molecular weight excluding hydrogens is 397 g/mol. The van der Waals surface area contributed by atoms with Gasteiger partial charge < -0.3 is 14.5 Å². The van der Waals surface area contributed by atoms with Gasteiger partial charge in [0.05, 0.1) is 19.3 Å². The SMILES string of the molecule is O=C(NNC(=O)N1CCOCC1)[C@@H]1CC[C@@H]2CN1C(=O)N2OS(=O)(=O)O.[Na]. The molecule has 15 heteroatoms. The van der Waals surface area contributed by atoms with Gasteiger partial charge >= 0.3 is 22.5 Å². The van der Waals surface area contributed by atoms with E-state index in [1.54, 1.807) is 0 Å². The van der Waals surface area contributed by atoms with Crippen molar-refractivity contribution in [3.63, 3.8) is 0 Å². The number of hydrazine groups is 1. The van der Waals surface area contributed by atoms with Crippen molar-refractivity contribution in [2.24, 2.45) is 0 Å². The Balaban J connectivity index is 0.00000261. The van der Waals surface area contributed by atoms with Crippen LogP contribution in [0.15, 0.2) is 0 Å². The summed E-state index contributed by atoms with van der Waals surface area (Å²) in [5.74, 6) is -0.605. The van der Waals surface area contributed by atoms with E-state index in [0.29, 0.717) is 37.8 Å². The number of piperidine rings is 1. The molecule has 3 aliphatic rings. The maximum absolute atomic E-state index is 12.3. The Morgan fingerprint density at radius 1 is 1.19 bits per heavy atom. The Labute approximate surface area is 177 Å². The van der Waals surface area contributed by atoms with E-state index in [2.05, 4.69) is 15.1 Å². The fourth-order valence-electron chi connectivity index (χ4n) is 3.15. The zero-order chi connectivity index (χ0) is 18.9. The third kappa shape index (κ3) is 5.22. The number of hydrogen-bond acceptors (Lipinski definition) is 7. The molecule has 2 bridgehead atoms. The van der Waals surface area contributed by atoms with Gasteiger partial charge in [0.1, 0.15) is 6.04 Å². The van der Waals surface area contributed by atoms with Crippen LogP contribution in [-0.2, 0) is 24.2 Å². The van der Waals surface area contributed by atoms with Crippen LogP contribution in [0.3, 0.4) is 0 Å². The molecule has 3 rings (SSSR count). The topological polar surface area (TPSA) is 158 Å². The number of hydrogen-bond donors (Lipinski definition) is 3. The molecule has 0 aromatic heterocycles. The van der Waals surface area contributed by atoms with Gasteiger partial charge in [-0.15, -0.1) is 4.28 Å². The second kappa shape index (κ2) is 8.89. The van der Waals surface area contributed by atoms with Gasteiger partial charge in [-0.1, -0.05) is 0 Å². The third-order valence-corrected chi connectivity index (χ3v) is 4.74. The molecule has 0 aliphatic carbocycles. The Morgan fingerprint density at radius 2 is 1.85 bits per heavy atom. The molecule has 0 unspecified atom stereocenters. The first kappa shape index (κ1) is 22.1. The number of hydroxylamine groups is 2. The van der Waals surface area contributed by atoms with Gasteiger partial charge in [-0.05, 0) is 12.8 Å². The van der Waals surface area contributed by atoms with E-state index in [0.717, 1.165) is 4.90 Å². The zero-order valence-electron chi connectivity index (χ0n) is 14.7. The van der Waals surface area contributed by atoms with E-state index in [1.165, 1.54) is 4.90 Å². The first-order chi connectivity index (χ1) is 12.3. The quantitative estimate of drug-likeness (QED) is 0.263.